The van der Waals surface area contributed by atoms with Gasteiger partial charge in [0.1, 0.15) is 17.9 Å². The monoisotopic (exact) mass is 738 g/mol. The zero-order chi connectivity index (χ0) is 36.0. The molecule has 11 nitrogen and oxygen atoms in total. The molecular weight excluding hydrogens is 700 g/mol. The van der Waals surface area contributed by atoms with Crippen molar-refractivity contribution in [2.24, 2.45) is 0 Å². The number of allylic oxidation sites excluding steroid dienone is 2. The van der Waals surface area contributed by atoms with Gasteiger partial charge >= 0.3 is 20.0 Å². The van der Waals surface area contributed by atoms with Crippen LogP contribution in [0, 0.1) is 0 Å². The highest BCUT2D eigenvalue weighted by molar-refractivity contribution is 7.49. The van der Waals surface area contributed by atoms with Crippen LogP contribution < -0.4 is 20.5 Å². The molecule has 0 aliphatic carbocycles. The average molecular weight is 739 g/mol. The van der Waals surface area contributed by atoms with E-state index in [-0.39, 0.29) is 6.54 Å². The van der Waals surface area contributed by atoms with E-state index < -0.39 is 36.8 Å². The van der Waals surface area contributed by atoms with E-state index in [0.29, 0.717) is 35.7 Å². The molecule has 0 atom stereocenters. The van der Waals surface area contributed by atoms with Crippen molar-refractivity contribution >= 4 is 57.7 Å². The summed E-state index contributed by atoms with van der Waals surface area (Å²) >= 11 is 2.73. The van der Waals surface area contributed by atoms with Crippen LogP contribution in [-0.4, -0.2) is 51.5 Å². The second-order valence-electron chi connectivity index (χ2n) is 12.5. The summed E-state index contributed by atoms with van der Waals surface area (Å²) in [5, 5.41) is 8.50. The number of thiophene rings is 1. The van der Waals surface area contributed by atoms with Crippen LogP contribution in [0.4, 0.5) is 28.9 Å². The first kappa shape index (κ1) is 38.0. The Hall–Kier alpha value is -3.82. The third-order valence-electron chi connectivity index (χ3n) is 5.99. The fourth-order valence-corrected chi connectivity index (χ4v) is 7.88. The van der Waals surface area contributed by atoms with Crippen molar-refractivity contribution in [2.75, 3.05) is 23.7 Å². The number of anilines is 2. The molecule has 3 heterocycles. The number of nitrogens with zero attached hydrogens (tertiary/aromatic N) is 3. The lowest BCUT2D eigenvalue weighted by molar-refractivity contribution is -0.0883. The van der Waals surface area contributed by atoms with Gasteiger partial charge in [-0.25, -0.2) is 24.3 Å². The number of fused-ring (bicyclic) bond motifs is 1. The van der Waals surface area contributed by atoms with Gasteiger partial charge in [-0.15, -0.1) is 22.7 Å². The van der Waals surface area contributed by atoms with Crippen LogP contribution in [0.5, 0.6) is 5.75 Å². The number of alkyl halides is 3. The van der Waals surface area contributed by atoms with Gasteiger partial charge in [-0.05, 0) is 65.3 Å². The number of thiazole rings is 1. The minimum absolute atomic E-state index is 0.307. The fraction of sp³-hybridized carbons (Fsp3) is 0.375. The van der Waals surface area contributed by atoms with Crippen molar-refractivity contribution in [3.05, 3.63) is 72.0 Å². The van der Waals surface area contributed by atoms with E-state index in [9.17, 15) is 22.5 Å². The number of amides is 2. The van der Waals surface area contributed by atoms with Gasteiger partial charge < -0.3 is 15.2 Å². The Morgan fingerprint density at radius 1 is 1.02 bits per heavy atom. The van der Waals surface area contributed by atoms with E-state index in [4.69, 9.17) is 13.6 Å². The van der Waals surface area contributed by atoms with Crippen LogP contribution >= 0.6 is 30.5 Å². The van der Waals surface area contributed by atoms with Gasteiger partial charge in [0.05, 0.1) is 27.0 Å². The maximum atomic E-state index is 13.6. The van der Waals surface area contributed by atoms with Gasteiger partial charge in [-0.1, -0.05) is 30.9 Å². The molecule has 0 aliphatic heterocycles. The number of nitrogens with one attached hydrogen (secondary N) is 3. The summed E-state index contributed by atoms with van der Waals surface area (Å²) in [6.07, 6.45) is 0.641. The van der Waals surface area contributed by atoms with Crippen LogP contribution in [0.2, 0.25) is 0 Å². The van der Waals surface area contributed by atoms with E-state index >= 15 is 0 Å². The molecule has 3 aromatic heterocycles. The van der Waals surface area contributed by atoms with Gasteiger partial charge in [-0.3, -0.25) is 14.4 Å². The molecule has 2 amide bonds. The highest BCUT2D eigenvalue weighted by atomic mass is 32.1. The molecule has 0 saturated carbocycles. The Kier molecular flexibility index (Phi) is 11.9. The zero-order valence-corrected chi connectivity index (χ0v) is 30.3. The normalized spacial score (nSPS) is 13.0. The molecule has 0 aliphatic rings. The molecule has 4 rings (SSSR count). The molecule has 0 bridgehead atoms. The number of hydrogen-bond donors (Lipinski definition) is 3. The van der Waals surface area contributed by atoms with E-state index in [1.165, 1.54) is 29.0 Å². The van der Waals surface area contributed by atoms with Gasteiger partial charge in [0, 0.05) is 35.5 Å². The first-order valence-corrected chi connectivity index (χ1v) is 18.1. The molecule has 49 heavy (non-hydrogen) atoms. The van der Waals surface area contributed by atoms with Crippen molar-refractivity contribution in [3.63, 3.8) is 0 Å². The lowest BCUT2D eigenvalue weighted by Gasteiger charge is -2.30. The molecule has 264 valence electrons. The predicted molar refractivity (Wildman–Crippen MR) is 188 cm³/mol. The number of urea groups is 1. The minimum Gasteiger partial charge on any atom is -0.404 e. The Morgan fingerprint density at radius 2 is 1.73 bits per heavy atom. The van der Waals surface area contributed by atoms with Gasteiger partial charge in [0.25, 0.3) is 0 Å². The van der Waals surface area contributed by atoms with E-state index in [1.807, 2.05) is 12.1 Å². The van der Waals surface area contributed by atoms with Crippen LogP contribution in [0.1, 0.15) is 46.4 Å². The predicted octanol–water partition coefficient (Wildman–Crippen LogP) is 9.38. The largest absolute Gasteiger partial charge is 0.531 e. The third-order valence-corrected chi connectivity index (χ3v) is 10.1. The summed E-state index contributed by atoms with van der Waals surface area (Å²) in [6, 6.07) is 8.42. The number of halogens is 3. The highest BCUT2D eigenvalue weighted by Gasteiger charge is 2.38. The summed E-state index contributed by atoms with van der Waals surface area (Å²) in [6.45, 7) is 14.0. The molecule has 3 N–H and O–H groups in total. The quantitative estimate of drug-likeness (QED) is 0.0905. The Balaban J connectivity index is 1.38. The Morgan fingerprint density at radius 3 is 2.39 bits per heavy atom. The van der Waals surface area contributed by atoms with Gasteiger partial charge in [0.2, 0.25) is 0 Å². The van der Waals surface area contributed by atoms with Crippen molar-refractivity contribution in [3.8, 4) is 16.2 Å². The summed E-state index contributed by atoms with van der Waals surface area (Å²) < 4.78 is 70.2. The maximum Gasteiger partial charge on any atom is 0.531 e. The van der Waals surface area contributed by atoms with Gasteiger partial charge in [0.15, 0.2) is 5.13 Å². The Labute approximate surface area is 290 Å². The van der Waals surface area contributed by atoms with Crippen molar-refractivity contribution in [1.29, 1.82) is 0 Å². The lowest BCUT2D eigenvalue weighted by Crippen LogP contribution is -2.29. The molecule has 17 heteroatoms. The number of carbonyl (C=O) groups excluding carboxylic acids is 1. The van der Waals surface area contributed by atoms with E-state index in [1.54, 1.807) is 65.9 Å². The van der Waals surface area contributed by atoms with Crippen molar-refractivity contribution in [2.45, 2.75) is 65.3 Å². The number of aromatic nitrogens is 3. The SMILES string of the molecule is C=CC(=CCNC(=O)Nc1ncc(CCNc2ncnc3cc(-c4cccc(OP(=O)(OC(C)(C)C)OC(C)(C)C)c4)sc23)s1)C(F)(F)F. The summed E-state index contributed by atoms with van der Waals surface area (Å²) in [5.41, 5.74) is -0.933. The number of benzene rings is 1. The molecular formula is C32H38F3N6O5PS2. The number of rotatable bonds is 13. The first-order chi connectivity index (χ1) is 22.8. The molecule has 1 aromatic carbocycles. The van der Waals surface area contributed by atoms with Crippen LogP contribution in [0.25, 0.3) is 20.7 Å². The highest BCUT2D eigenvalue weighted by Crippen LogP contribution is 2.55. The number of phosphoric acid groups is 1. The Bertz CT molecular complexity index is 1840. The minimum atomic E-state index is -4.54. The molecule has 0 radical (unpaired) electrons. The number of phosphoric ester groups is 1. The summed E-state index contributed by atoms with van der Waals surface area (Å²) in [5.74, 6) is 0.968. The topological polar surface area (TPSA) is 137 Å². The lowest BCUT2D eigenvalue weighted by atomic mass is 10.2. The third kappa shape index (κ3) is 11.6. The van der Waals surface area contributed by atoms with E-state index in [0.717, 1.165) is 31.6 Å². The molecule has 0 spiro atoms. The van der Waals surface area contributed by atoms with Gasteiger partial charge in [-0.2, -0.15) is 13.2 Å². The fourth-order valence-electron chi connectivity index (χ4n) is 4.18. The van der Waals surface area contributed by atoms with Crippen LogP contribution in [0.15, 0.2) is 67.2 Å². The van der Waals surface area contributed by atoms with Crippen LogP contribution in [0.3, 0.4) is 0 Å². The molecule has 0 unspecified atom stereocenters. The standard InChI is InChI=1S/C32H38F3N6O5PS2/c1-8-21(32(33,34)35)12-14-37-28(42)41-29-38-18-23(48-29)13-15-36-27-26-24(39-19-40-27)17-25(49-26)20-10-9-11-22(16-20)44-47(43,45-30(2,3)4)46-31(5,6)7/h8-12,16-19H,1,13-15H2,2-7H3,(H,36,39,40)(H2,37,38,41,42). The molecule has 0 fully saturated rings. The summed E-state index contributed by atoms with van der Waals surface area (Å²) in [4.78, 5) is 26.9. The number of hydrogen-bond acceptors (Lipinski definition) is 11. The second-order valence-corrected chi connectivity index (χ2v) is 16.1. The first-order valence-electron chi connectivity index (χ1n) is 15.0. The second kappa shape index (κ2) is 15.4. The maximum absolute atomic E-state index is 13.6. The molecule has 4 aromatic rings. The van der Waals surface area contributed by atoms with Crippen molar-refractivity contribution < 1.29 is 36.1 Å². The van der Waals surface area contributed by atoms with E-state index in [2.05, 4.69) is 37.5 Å². The molecule has 0 saturated heterocycles. The summed E-state index contributed by atoms with van der Waals surface area (Å²) in [7, 11) is -3.99. The smallest absolute Gasteiger partial charge is 0.404 e. The van der Waals surface area contributed by atoms with Crippen LogP contribution in [-0.2, 0) is 20.0 Å². The zero-order valence-electron chi connectivity index (χ0n) is 27.8. The average Bonchev–Trinajstić information content (AvgIpc) is 3.60. The van der Waals surface area contributed by atoms with Crippen molar-refractivity contribution in [1.82, 2.24) is 20.3 Å². The number of carbonyl (C=O) groups is 1.